The molecule has 9 aliphatic rings. The highest BCUT2D eigenvalue weighted by Crippen LogP contribution is 2.73. The Balaban J connectivity index is 0.912. The van der Waals surface area contributed by atoms with Crippen molar-refractivity contribution >= 4 is 12.0 Å². The maximum Gasteiger partial charge on any atom is 0.331 e. The van der Waals surface area contributed by atoms with Crippen molar-refractivity contribution in [2.24, 2.45) is 34.5 Å². The molecule has 2 spiro atoms. The van der Waals surface area contributed by atoms with Crippen molar-refractivity contribution < 1.29 is 98.4 Å². The standard InChI is InChI=1S/C53H74O20/c1-25(2)19-28-20-51(6,63)45-31-13-12-29-30(52(31)24-53(45,71-28)73-72-52)14-15-35-49(3,4)36(17-18-50(29,35)5)67-47-44(70-46-41(62)39(60)34(22-55)65-46)42(32(57)23-64-47)69-48-43(40(61)38(59)33(21-54)66-48)68-37(58)16-9-26-7-10-27(56)11-8-26/h7-11,15-16,19,28-34,36,38-48,54-57,59-63H,12-14,17-18,20-24H2,1-6H3/b16-9+/t28?,29?,30?,31?,32-,33-,34+,36+,38-,39+,40+,41-,42+,43-,44-,45?,46+,47+,48?,50-,51?,52?,53?/m1/s1. The van der Waals surface area contributed by atoms with Gasteiger partial charge in [0.25, 0.3) is 0 Å². The Morgan fingerprint density at radius 2 is 1.45 bits per heavy atom. The maximum atomic E-state index is 13.3. The van der Waals surface area contributed by atoms with E-state index < -0.39 is 128 Å². The minimum Gasteiger partial charge on any atom is -0.508 e. The fraction of sp³-hybridized carbons (Fsp3) is 0.755. The number of aliphatic hydroxyl groups excluding tert-OH is 7. The van der Waals surface area contributed by atoms with Crippen LogP contribution in [0, 0.1) is 34.5 Å². The third-order valence-corrected chi connectivity index (χ3v) is 18.0. The lowest BCUT2D eigenvalue weighted by atomic mass is 9.45. The number of fused-ring (bicyclic) bond motifs is 4. The van der Waals surface area contributed by atoms with Gasteiger partial charge in [-0.3, -0.25) is 0 Å². The highest BCUT2D eigenvalue weighted by Gasteiger charge is 2.80. The molecule has 20 nitrogen and oxygen atoms in total. The van der Waals surface area contributed by atoms with Crippen LogP contribution in [-0.2, 0) is 52.5 Å². The Morgan fingerprint density at radius 1 is 0.781 bits per heavy atom. The Kier molecular flexibility index (Phi) is 14.5. The lowest BCUT2D eigenvalue weighted by Gasteiger charge is -2.62. The lowest BCUT2D eigenvalue weighted by Crippen LogP contribution is -2.65. The Hall–Kier alpha value is -2.97. The molecule has 73 heavy (non-hydrogen) atoms. The van der Waals surface area contributed by atoms with E-state index in [0.717, 1.165) is 24.5 Å². The van der Waals surface area contributed by atoms with Crippen LogP contribution in [0.1, 0.15) is 92.1 Å². The van der Waals surface area contributed by atoms with E-state index >= 15 is 0 Å². The number of carbonyl (C=O) groups is 1. The van der Waals surface area contributed by atoms with Crippen LogP contribution in [0.4, 0.5) is 0 Å². The van der Waals surface area contributed by atoms with Crippen LogP contribution in [0.2, 0.25) is 0 Å². The second kappa shape index (κ2) is 19.8. The first kappa shape index (κ1) is 53.4. The number of aliphatic hydroxyl groups is 8. The van der Waals surface area contributed by atoms with Crippen LogP contribution in [0.25, 0.3) is 6.08 Å². The van der Waals surface area contributed by atoms with Gasteiger partial charge < -0.3 is 83.9 Å². The van der Waals surface area contributed by atoms with E-state index in [1.807, 2.05) is 20.8 Å². The second-order valence-electron chi connectivity index (χ2n) is 23.3. The van der Waals surface area contributed by atoms with Crippen molar-refractivity contribution in [1.29, 1.82) is 0 Å². The summed E-state index contributed by atoms with van der Waals surface area (Å²) in [6, 6.07) is 5.95. The van der Waals surface area contributed by atoms with Gasteiger partial charge in [-0.05, 0) is 93.9 Å². The van der Waals surface area contributed by atoms with Gasteiger partial charge in [-0.25, -0.2) is 9.68 Å². The quantitative estimate of drug-likeness (QED) is 0.0624. The number of aromatic hydroxyl groups is 1. The van der Waals surface area contributed by atoms with Crippen molar-refractivity contribution in [3.8, 4) is 5.75 Å². The van der Waals surface area contributed by atoms with Gasteiger partial charge in [0.05, 0.1) is 43.5 Å². The molecule has 1 aromatic carbocycles. The molecule has 23 atom stereocenters. The van der Waals surface area contributed by atoms with Crippen molar-refractivity contribution in [3.05, 3.63) is 59.2 Å². The normalized spacial score (nSPS) is 48.8. The van der Waals surface area contributed by atoms with E-state index in [2.05, 4.69) is 32.9 Å². The fourth-order valence-electron chi connectivity index (χ4n) is 14.8. The summed E-state index contributed by atoms with van der Waals surface area (Å²) in [5.74, 6) is -1.96. The number of hydrogen-bond acceptors (Lipinski definition) is 20. The van der Waals surface area contributed by atoms with Crippen molar-refractivity contribution in [3.63, 3.8) is 0 Å². The van der Waals surface area contributed by atoms with Gasteiger partial charge in [0.1, 0.15) is 66.3 Å². The molecular weight excluding hydrogens is 957 g/mol. The molecule has 0 radical (unpaired) electrons. The molecule has 2 bridgehead atoms. The number of phenols is 1. The molecule has 1 aromatic rings. The number of hydrogen-bond donors (Lipinski definition) is 9. The van der Waals surface area contributed by atoms with E-state index in [1.54, 1.807) is 12.1 Å². The smallest absolute Gasteiger partial charge is 0.331 e. The van der Waals surface area contributed by atoms with Crippen molar-refractivity contribution in [1.82, 2.24) is 0 Å². The summed E-state index contributed by atoms with van der Waals surface area (Å²) in [4.78, 5) is 26.1. The van der Waals surface area contributed by atoms with Gasteiger partial charge in [0.15, 0.2) is 25.0 Å². The summed E-state index contributed by atoms with van der Waals surface area (Å²) in [6.07, 6.45) is -9.87. The van der Waals surface area contributed by atoms with E-state index in [-0.39, 0.29) is 47.5 Å². The molecule has 4 aliphatic carbocycles. The number of allylic oxidation sites excluding steroid dienone is 2. The number of benzene rings is 1. The average molecular weight is 1030 g/mol. The maximum absolute atomic E-state index is 13.3. The highest BCUT2D eigenvalue weighted by atomic mass is 17.3. The molecule has 9 unspecified atom stereocenters. The Bertz CT molecular complexity index is 2270. The number of phenolic OH excluding ortho intramolecular Hbond substituents is 1. The molecule has 0 amide bonds. The fourth-order valence-corrected chi connectivity index (χ4v) is 14.8. The Labute approximate surface area is 424 Å². The first-order valence-corrected chi connectivity index (χ1v) is 25.9. The van der Waals surface area contributed by atoms with Gasteiger partial charge in [0.2, 0.25) is 5.79 Å². The zero-order chi connectivity index (χ0) is 52.2. The van der Waals surface area contributed by atoms with Crippen molar-refractivity contribution in [2.75, 3.05) is 19.8 Å². The molecule has 5 heterocycles. The SMILES string of the molecule is CC(C)=CC1CC(C)(O)C2C3CCC4C(CC=C5C(C)(C)[C@@H](O[C@@H]6OC[C@@H](O)[C@H](OC7O[C@H](CO)[C@@H](O)[C@H](O)[C@H]7OC(=O)/C=C/c7ccc(O)cc7)[C@H]6O[C@@H]6O[C@@H](CO)[C@H](O)[C@H]6O)CC[C@@]54C)C34CC2(OO4)O1. The first-order chi connectivity index (χ1) is 34.6. The van der Waals surface area contributed by atoms with Gasteiger partial charge in [0, 0.05) is 30.3 Å². The van der Waals surface area contributed by atoms with Crippen LogP contribution in [0.3, 0.4) is 0 Å². The van der Waals surface area contributed by atoms with Crippen molar-refractivity contribution in [2.45, 2.75) is 196 Å². The lowest BCUT2D eigenvalue weighted by molar-refractivity contribution is -0.486. The molecule has 3 saturated carbocycles. The van der Waals surface area contributed by atoms with Crippen LogP contribution < -0.4 is 0 Å². The topological polar surface area (TPSA) is 291 Å². The summed E-state index contributed by atoms with van der Waals surface area (Å²) < 4.78 is 50.0. The van der Waals surface area contributed by atoms with E-state index in [4.69, 9.17) is 47.7 Å². The third-order valence-electron chi connectivity index (χ3n) is 18.0. The minimum absolute atomic E-state index is 0.0163. The number of esters is 1. The molecule has 5 saturated heterocycles. The molecule has 10 rings (SSSR count). The van der Waals surface area contributed by atoms with Gasteiger partial charge >= 0.3 is 5.97 Å². The summed E-state index contributed by atoms with van der Waals surface area (Å²) in [7, 11) is 0. The molecule has 406 valence electrons. The van der Waals surface area contributed by atoms with Crippen LogP contribution >= 0.6 is 0 Å². The predicted octanol–water partition coefficient (Wildman–Crippen LogP) is 1.79. The van der Waals surface area contributed by atoms with Gasteiger partial charge in [-0.2, -0.15) is 4.89 Å². The summed E-state index contributed by atoms with van der Waals surface area (Å²) in [5.41, 5.74) is 0.219. The molecular formula is C53H74O20. The summed E-state index contributed by atoms with van der Waals surface area (Å²) in [5, 5.41) is 97.7. The molecule has 0 aromatic heterocycles. The van der Waals surface area contributed by atoms with Gasteiger partial charge in [-0.1, -0.05) is 56.2 Å². The monoisotopic (exact) mass is 1030 g/mol. The first-order valence-electron chi connectivity index (χ1n) is 25.9. The van der Waals surface area contributed by atoms with Crippen LogP contribution in [-0.4, -0.2) is 181 Å². The third kappa shape index (κ3) is 9.16. The van der Waals surface area contributed by atoms with E-state index in [0.29, 0.717) is 37.7 Å². The molecule has 20 heteroatoms. The number of ether oxygens (including phenoxy) is 8. The zero-order valence-electron chi connectivity index (χ0n) is 42.2. The van der Waals surface area contributed by atoms with E-state index in [9.17, 15) is 50.8 Å². The largest absolute Gasteiger partial charge is 0.508 e. The van der Waals surface area contributed by atoms with Gasteiger partial charge in [-0.15, -0.1) is 0 Å². The minimum atomic E-state index is -1.86. The van der Waals surface area contributed by atoms with E-state index in [1.165, 1.54) is 23.8 Å². The molecule has 9 N–H and O–H groups in total. The average Bonchev–Trinajstić information content (AvgIpc) is 3.95. The predicted molar refractivity (Wildman–Crippen MR) is 252 cm³/mol. The molecule has 5 aliphatic heterocycles. The number of rotatable bonds is 12. The summed E-state index contributed by atoms with van der Waals surface area (Å²) >= 11 is 0. The summed E-state index contributed by atoms with van der Waals surface area (Å²) in [6.45, 7) is 10.7. The Morgan fingerprint density at radius 3 is 2.15 bits per heavy atom. The highest BCUT2D eigenvalue weighted by molar-refractivity contribution is 5.87. The second-order valence-corrected chi connectivity index (χ2v) is 23.3. The molecule has 8 fully saturated rings. The van der Waals surface area contributed by atoms with Crippen LogP contribution in [0.15, 0.2) is 53.6 Å². The zero-order valence-corrected chi connectivity index (χ0v) is 42.2. The number of carbonyl (C=O) groups excluding carboxylic acids is 1. The van der Waals surface area contributed by atoms with Crippen LogP contribution in [0.5, 0.6) is 5.75 Å².